The Morgan fingerprint density at radius 2 is 1.62 bits per heavy atom. The molecule has 0 bridgehead atoms. The average Bonchev–Trinajstić information content (AvgIpc) is 2.55. The molecule has 0 aromatic heterocycles. The zero-order valence-corrected chi connectivity index (χ0v) is 14.4. The molecular formula is C17H25FN4O2. The molecular weight excluding hydrogens is 311 g/mol. The number of rotatable bonds is 4. The van der Waals surface area contributed by atoms with Crippen LogP contribution in [0.25, 0.3) is 0 Å². The lowest BCUT2D eigenvalue weighted by Crippen LogP contribution is -2.56. The molecule has 1 aliphatic heterocycles. The Bertz CT molecular complexity index is 568. The summed E-state index contributed by atoms with van der Waals surface area (Å²) in [6.45, 7) is 8.13. The van der Waals surface area contributed by atoms with Crippen molar-refractivity contribution in [2.75, 3.05) is 31.5 Å². The van der Waals surface area contributed by atoms with Gasteiger partial charge >= 0.3 is 6.03 Å². The van der Waals surface area contributed by atoms with Crippen LogP contribution in [0.1, 0.15) is 20.8 Å². The van der Waals surface area contributed by atoms with Gasteiger partial charge in [-0.15, -0.1) is 0 Å². The smallest absolute Gasteiger partial charge is 0.321 e. The highest BCUT2D eigenvalue weighted by Gasteiger charge is 2.27. The molecule has 1 saturated heterocycles. The second-order valence-corrected chi connectivity index (χ2v) is 6.30. The van der Waals surface area contributed by atoms with Gasteiger partial charge in [-0.25, -0.2) is 9.18 Å². The predicted octanol–water partition coefficient (Wildman–Crippen LogP) is 1.89. The van der Waals surface area contributed by atoms with Crippen molar-refractivity contribution in [2.45, 2.75) is 32.9 Å². The van der Waals surface area contributed by atoms with Crippen molar-refractivity contribution >= 4 is 17.6 Å². The number of urea groups is 1. The van der Waals surface area contributed by atoms with Crippen LogP contribution >= 0.6 is 0 Å². The number of nitrogens with one attached hydrogen (secondary N) is 2. The third-order valence-corrected chi connectivity index (χ3v) is 4.06. The van der Waals surface area contributed by atoms with E-state index in [1.54, 1.807) is 4.90 Å². The van der Waals surface area contributed by atoms with Gasteiger partial charge in [0, 0.05) is 37.9 Å². The average molecular weight is 336 g/mol. The van der Waals surface area contributed by atoms with Crippen LogP contribution in [0.15, 0.2) is 24.3 Å². The first-order chi connectivity index (χ1) is 11.4. The monoisotopic (exact) mass is 336 g/mol. The van der Waals surface area contributed by atoms with E-state index in [9.17, 15) is 14.0 Å². The van der Waals surface area contributed by atoms with Crippen LogP contribution < -0.4 is 10.6 Å². The Morgan fingerprint density at radius 1 is 1.04 bits per heavy atom. The van der Waals surface area contributed by atoms with Crippen LogP contribution in [-0.2, 0) is 4.79 Å². The first-order valence-electron chi connectivity index (χ1n) is 8.22. The van der Waals surface area contributed by atoms with Gasteiger partial charge in [-0.1, -0.05) is 0 Å². The summed E-state index contributed by atoms with van der Waals surface area (Å²) in [6, 6.07) is 5.37. The summed E-state index contributed by atoms with van der Waals surface area (Å²) in [5, 5.41) is 5.66. The summed E-state index contributed by atoms with van der Waals surface area (Å²) in [5.41, 5.74) is 0.563. The van der Waals surface area contributed by atoms with Gasteiger partial charge in [0.05, 0.1) is 6.04 Å². The van der Waals surface area contributed by atoms with E-state index in [-0.39, 0.29) is 29.8 Å². The van der Waals surface area contributed by atoms with Gasteiger partial charge in [-0.2, -0.15) is 0 Å². The van der Waals surface area contributed by atoms with Gasteiger partial charge in [0.2, 0.25) is 5.91 Å². The Balaban J connectivity index is 1.82. The van der Waals surface area contributed by atoms with Crippen molar-refractivity contribution in [2.24, 2.45) is 0 Å². The molecule has 1 fully saturated rings. The lowest BCUT2D eigenvalue weighted by Gasteiger charge is -2.37. The number of benzene rings is 1. The number of halogens is 1. The molecule has 1 aliphatic rings. The van der Waals surface area contributed by atoms with Crippen molar-refractivity contribution in [1.29, 1.82) is 0 Å². The molecule has 0 aliphatic carbocycles. The third-order valence-electron chi connectivity index (χ3n) is 4.06. The highest BCUT2D eigenvalue weighted by Crippen LogP contribution is 2.12. The number of carbonyl (C=O) groups is 2. The molecule has 3 amide bonds. The summed E-state index contributed by atoms with van der Waals surface area (Å²) >= 11 is 0. The number of nitrogens with zero attached hydrogens (tertiary/aromatic N) is 2. The van der Waals surface area contributed by atoms with E-state index in [0.717, 1.165) is 0 Å². The second kappa shape index (κ2) is 8.10. The van der Waals surface area contributed by atoms with Crippen LogP contribution in [0.5, 0.6) is 0 Å². The molecule has 7 heteroatoms. The Hall–Kier alpha value is -2.15. The second-order valence-electron chi connectivity index (χ2n) is 6.30. The quantitative estimate of drug-likeness (QED) is 0.882. The molecule has 2 rings (SSSR count). The predicted molar refractivity (Wildman–Crippen MR) is 91.3 cm³/mol. The number of hydrogen-bond donors (Lipinski definition) is 2. The van der Waals surface area contributed by atoms with Gasteiger partial charge in [-0.05, 0) is 45.0 Å². The minimum absolute atomic E-state index is 0.00853. The van der Waals surface area contributed by atoms with E-state index in [1.807, 2.05) is 20.8 Å². The molecule has 6 nitrogen and oxygen atoms in total. The maximum absolute atomic E-state index is 12.9. The van der Waals surface area contributed by atoms with Crippen LogP contribution in [0.3, 0.4) is 0 Å². The zero-order chi connectivity index (χ0) is 17.7. The summed E-state index contributed by atoms with van der Waals surface area (Å²) < 4.78 is 12.9. The summed E-state index contributed by atoms with van der Waals surface area (Å²) in [7, 11) is 0. The normalized spacial score (nSPS) is 16.8. The molecule has 0 unspecified atom stereocenters. The van der Waals surface area contributed by atoms with E-state index < -0.39 is 0 Å². The summed E-state index contributed by atoms with van der Waals surface area (Å²) in [4.78, 5) is 28.1. The first-order valence-corrected chi connectivity index (χ1v) is 8.22. The number of amides is 3. The van der Waals surface area contributed by atoms with Gasteiger partial charge in [0.25, 0.3) is 0 Å². The van der Waals surface area contributed by atoms with E-state index in [2.05, 4.69) is 15.5 Å². The molecule has 0 radical (unpaired) electrons. The number of piperazine rings is 1. The maximum atomic E-state index is 12.9. The highest BCUT2D eigenvalue weighted by atomic mass is 19.1. The lowest BCUT2D eigenvalue weighted by atomic mass is 10.2. The third kappa shape index (κ3) is 4.92. The van der Waals surface area contributed by atoms with Crippen molar-refractivity contribution < 1.29 is 14.0 Å². The Morgan fingerprint density at radius 3 is 2.17 bits per heavy atom. The molecule has 1 atom stereocenters. The minimum atomic E-state index is -0.338. The van der Waals surface area contributed by atoms with Gasteiger partial charge in [0.15, 0.2) is 0 Å². The number of hydrogen-bond acceptors (Lipinski definition) is 3. The van der Waals surface area contributed by atoms with E-state index >= 15 is 0 Å². The van der Waals surface area contributed by atoms with E-state index in [1.165, 1.54) is 24.3 Å². The fraction of sp³-hybridized carbons (Fsp3) is 0.529. The molecule has 1 heterocycles. The molecule has 0 spiro atoms. The topological polar surface area (TPSA) is 64.7 Å². The highest BCUT2D eigenvalue weighted by molar-refractivity contribution is 5.89. The van der Waals surface area contributed by atoms with E-state index in [0.29, 0.717) is 31.9 Å². The van der Waals surface area contributed by atoms with Crippen molar-refractivity contribution in [3.05, 3.63) is 30.1 Å². The Kier molecular flexibility index (Phi) is 6.14. The summed E-state index contributed by atoms with van der Waals surface area (Å²) in [5.74, 6) is -0.329. The van der Waals surface area contributed by atoms with Gasteiger partial charge in [-0.3, -0.25) is 9.69 Å². The van der Waals surface area contributed by atoms with Crippen LogP contribution in [0.2, 0.25) is 0 Å². The van der Waals surface area contributed by atoms with E-state index in [4.69, 9.17) is 0 Å². The zero-order valence-electron chi connectivity index (χ0n) is 14.4. The SMILES string of the molecule is CC(C)NC(=O)[C@H](C)N1CCN(C(=O)Nc2ccc(F)cc2)CC1. The molecule has 132 valence electrons. The van der Waals surface area contributed by atoms with Gasteiger partial charge in [0.1, 0.15) is 5.82 Å². The minimum Gasteiger partial charge on any atom is -0.353 e. The standard InChI is InChI=1S/C17H25FN4O2/c1-12(2)19-16(23)13(3)21-8-10-22(11-9-21)17(24)20-15-6-4-14(18)5-7-15/h4-7,12-13H,8-11H2,1-3H3,(H,19,23)(H,20,24)/t13-/m0/s1. The van der Waals surface area contributed by atoms with Gasteiger partial charge < -0.3 is 15.5 Å². The lowest BCUT2D eigenvalue weighted by molar-refractivity contribution is -0.126. The maximum Gasteiger partial charge on any atom is 0.321 e. The molecule has 24 heavy (non-hydrogen) atoms. The first kappa shape index (κ1) is 18.2. The van der Waals surface area contributed by atoms with Crippen molar-refractivity contribution in [3.63, 3.8) is 0 Å². The van der Waals surface area contributed by atoms with Crippen LogP contribution in [0, 0.1) is 5.82 Å². The van der Waals surface area contributed by atoms with Crippen LogP contribution in [0.4, 0.5) is 14.9 Å². The number of carbonyl (C=O) groups excluding carboxylic acids is 2. The molecule has 0 saturated carbocycles. The molecule has 1 aromatic rings. The number of anilines is 1. The summed E-state index contributed by atoms with van der Waals surface area (Å²) in [6.07, 6.45) is 0. The Labute approximate surface area is 142 Å². The molecule has 2 N–H and O–H groups in total. The fourth-order valence-corrected chi connectivity index (χ4v) is 2.62. The van der Waals surface area contributed by atoms with Crippen molar-refractivity contribution in [3.8, 4) is 0 Å². The fourth-order valence-electron chi connectivity index (χ4n) is 2.62. The molecule has 1 aromatic carbocycles. The van der Waals surface area contributed by atoms with Crippen LogP contribution in [-0.4, -0.2) is 60.0 Å². The van der Waals surface area contributed by atoms with Crippen molar-refractivity contribution in [1.82, 2.24) is 15.1 Å². The largest absolute Gasteiger partial charge is 0.353 e.